The number of aliphatic hydroxyl groups excluding tert-OH is 1. The van der Waals surface area contributed by atoms with Crippen molar-refractivity contribution < 1.29 is 9.84 Å². The molecule has 1 heterocycles. The average Bonchev–Trinajstić information content (AvgIpc) is 2.47. The SMILES string of the molecule is COCCNCc1ccc(N2CCC(O)C(C)C2)cc1. The second kappa shape index (κ2) is 7.62. The van der Waals surface area contributed by atoms with Gasteiger partial charge < -0.3 is 20.1 Å². The molecule has 0 amide bonds. The summed E-state index contributed by atoms with van der Waals surface area (Å²) in [5.74, 6) is 0.346. The standard InChI is InChI=1S/C16H26N2O2/c1-13-12-18(9-7-16(13)19)15-5-3-14(4-6-15)11-17-8-10-20-2/h3-6,13,16-17,19H,7-12H2,1-2H3. The maximum absolute atomic E-state index is 9.78. The van der Waals surface area contributed by atoms with Gasteiger partial charge in [0.1, 0.15) is 0 Å². The molecule has 0 aromatic heterocycles. The van der Waals surface area contributed by atoms with Crippen molar-refractivity contribution in [3.63, 3.8) is 0 Å². The summed E-state index contributed by atoms with van der Waals surface area (Å²) in [6.45, 7) is 6.49. The summed E-state index contributed by atoms with van der Waals surface area (Å²) in [7, 11) is 1.72. The second-order valence-corrected chi connectivity index (χ2v) is 5.62. The summed E-state index contributed by atoms with van der Waals surface area (Å²) < 4.78 is 5.01. The predicted molar refractivity (Wildman–Crippen MR) is 82.0 cm³/mol. The molecule has 1 aliphatic heterocycles. The van der Waals surface area contributed by atoms with Crippen molar-refractivity contribution in [3.8, 4) is 0 Å². The average molecular weight is 278 g/mol. The van der Waals surface area contributed by atoms with E-state index in [0.717, 1.165) is 39.2 Å². The highest BCUT2D eigenvalue weighted by Gasteiger charge is 2.24. The van der Waals surface area contributed by atoms with E-state index in [2.05, 4.69) is 41.4 Å². The lowest BCUT2D eigenvalue weighted by molar-refractivity contribution is 0.0971. The molecule has 0 aliphatic carbocycles. The minimum atomic E-state index is -0.143. The lowest BCUT2D eigenvalue weighted by Gasteiger charge is -2.36. The molecular weight excluding hydrogens is 252 g/mol. The minimum absolute atomic E-state index is 0.143. The van der Waals surface area contributed by atoms with Crippen molar-refractivity contribution in [1.29, 1.82) is 0 Å². The normalized spacial score (nSPS) is 23.1. The fourth-order valence-corrected chi connectivity index (χ4v) is 2.60. The van der Waals surface area contributed by atoms with Crippen LogP contribution in [0.15, 0.2) is 24.3 Å². The number of hydrogen-bond acceptors (Lipinski definition) is 4. The first kappa shape index (κ1) is 15.3. The number of nitrogens with zero attached hydrogens (tertiary/aromatic N) is 1. The fourth-order valence-electron chi connectivity index (χ4n) is 2.60. The van der Waals surface area contributed by atoms with Crippen molar-refractivity contribution in [3.05, 3.63) is 29.8 Å². The quantitative estimate of drug-likeness (QED) is 0.776. The Balaban J connectivity index is 1.85. The molecule has 1 fully saturated rings. The molecule has 112 valence electrons. The second-order valence-electron chi connectivity index (χ2n) is 5.62. The Morgan fingerprint density at radius 3 is 2.75 bits per heavy atom. The van der Waals surface area contributed by atoms with Gasteiger partial charge in [-0.15, -0.1) is 0 Å². The molecule has 20 heavy (non-hydrogen) atoms. The lowest BCUT2D eigenvalue weighted by atomic mass is 9.96. The lowest BCUT2D eigenvalue weighted by Crippen LogP contribution is -2.41. The van der Waals surface area contributed by atoms with E-state index in [1.807, 2.05) is 0 Å². The van der Waals surface area contributed by atoms with Gasteiger partial charge in [0.25, 0.3) is 0 Å². The summed E-state index contributed by atoms with van der Waals surface area (Å²) in [6.07, 6.45) is 0.720. The molecule has 1 aliphatic rings. The van der Waals surface area contributed by atoms with Gasteiger partial charge in [0.15, 0.2) is 0 Å². The number of aliphatic hydroxyl groups is 1. The maximum atomic E-state index is 9.78. The van der Waals surface area contributed by atoms with Crippen LogP contribution < -0.4 is 10.2 Å². The molecule has 2 rings (SSSR count). The molecule has 0 saturated carbocycles. The van der Waals surface area contributed by atoms with Gasteiger partial charge >= 0.3 is 0 Å². The Bertz CT molecular complexity index is 394. The first-order valence-corrected chi connectivity index (χ1v) is 7.42. The van der Waals surface area contributed by atoms with Crippen LogP contribution >= 0.6 is 0 Å². The Kier molecular flexibility index (Phi) is 5.83. The molecule has 4 nitrogen and oxygen atoms in total. The molecule has 0 bridgehead atoms. The Morgan fingerprint density at radius 1 is 1.35 bits per heavy atom. The Labute approximate surface area is 121 Å². The molecule has 2 atom stereocenters. The van der Waals surface area contributed by atoms with E-state index < -0.39 is 0 Å². The van der Waals surface area contributed by atoms with Gasteiger partial charge in [-0.05, 0) is 30.0 Å². The van der Waals surface area contributed by atoms with Crippen molar-refractivity contribution in [2.24, 2.45) is 5.92 Å². The van der Waals surface area contributed by atoms with Crippen LogP contribution in [0.2, 0.25) is 0 Å². The number of methoxy groups -OCH3 is 1. The number of rotatable bonds is 6. The first-order valence-electron chi connectivity index (χ1n) is 7.42. The number of hydrogen-bond donors (Lipinski definition) is 2. The number of nitrogens with one attached hydrogen (secondary N) is 1. The zero-order valence-electron chi connectivity index (χ0n) is 12.5. The summed E-state index contributed by atoms with van der Waals surface area (Å²) in [6, 6.07) is 8.70. The molecular formula is C16H26N2O2. The van der Waals surface area contributed by atoms with Crippen LogP contribution in [0, 0.1) is 5.92 Å². The van der Waals surface area contributed by atoms with Gasteiger partial charge in [-0.3, -0.25) is 0 Å². The molecule has 4 heteroatoms. The molecule has 1 aromatic rings. The Hall–Kier alpha value is -1.10. The van der Waals surface area contributed by atoms with Gasteiger partial charge in [-0.1, -0.05) is 19.1 Å². The van der Waals surface area contributed by atoms with Crippen molar-refractivity contribution >= 4 is 5.69 Å². The molecule has 2 unspecified atom stereocenters. The molecule has 0 spiro atoms. The van der Waals surface area contributed by atoms with E-state index in [-0.39, 0.29) is 6.10 Å². The molecule has 1 aromatic carbocycles. The molecule has 2 N–H and O–H groups in total. The van der Waals surface area contributed by atoms with Gasteiger partial charge in [0, 0.05) is 39.0 Å². The number of benzene rings is 1. The molecule has 0 radical (unpaired) electrons. The van der Waals surface area contributed by atoms with Crippen molar-refractivity contribution in [2.45, 2.75) is 26.0 Å². The van der Waals surface area contributed by atoms with Crippen LogP contribution in [0.1, 0.15) is 18.9 Å². The summed E-state index contributed by atoms with van der Waals surface area (Å²) in [5, 5.41) is 13.1. The maximum Gasteiger partial charge on any atom is 0.0599 e. The highest BCUT2D eigenvalue weighted by atomic mass is 16.5. The van der Waals surface area contributed by atoms with Crippen LogP contribution in [-0.4, -0.2) is 44.6 Å². The highest BCUT2D eigenvalue weighted by Crippen LogP contribution is 2.23. The van der Waals surface area contributed by atoms with Gasteiger partial charge in [-0.2, -0.15) is 0 Å². The smallest absolute Gasteiger partial charge is 0.0599 e. The van der Waals surface area contributed by atoms with Gasteiger partial charge in [0.2, 0.25) is 0 Å². The van der Waals surface area contributed by atoms with Gasteiger partial charge in [-0.25, -0.2) is 0 Å². The Morgan fingerprint density at radius 2 is 2.10 bits per heavy atom. The fraction of sp³-hybridized carbons (Fsp3) is 0.625. The van der Waals surface area contributed by atoms with Crippen LogP contribution in [0.3, 0.4) is 0 Å². The third-order valence-electron chi connectivity index (χ3n) is 3.97. The van der Waals surface area contributed by atoms with Crippen LogP contribution in [-0.2, 0) is 11.3 Å². The first-order chi connectivity index (χ1) is 9.70. The largest absolute Gasteiger partial charge is 0.393 e. The van der Waals surface area contributed by atoms with Crippen LogP contribution in [0.5, 0.6) is 0 Å². The zero-order valence-corrected chi connectivity index (χ0v) is 12.5. The van der Waals surface area contributed by atoms with Crippen LogP contribution in [0.4, 0.5) is 5.69 Å². The van der Waals surface area contributed by atoms with E-state index in [9.17, 15) is 5.11 Å². The zero-order chi connectivity index (χ0) is 14.4. The van der Waals surface area contributed by atoms with Crippen molar-refractivity contribution in [2.75, 3.05) is 38.3 Å². The summed E-state index contributed by atoms with van der Waals surface area (Å²) in [5.41, 5.74) is 2.54. The minimum Gasteiger partial charge on any atom is -0.393 e. The summed E-state index contributed by atoms with van der Waals surface area (Å²) >= 11 is 0. The van der Waals surface area contributed by atoms with E-state index in [1.54, 1.807) is 7.11 Å². The summed E-state index contributed by atoms with van der Waals surface area (Å²) in [4.78, 5) is 2.36. The third-order valence-corrected chi connectivity index (χ3v) is 3.97. The highest BCUT2D eigenvalue weighted by molar-refractivity contribution is 5.48. The number of anilines is 1. The van der Waals surface area contributed by atoms with Gasteiger partial charge in [0.05, 0.1) is 12.7 Å². The predicted octanol–water partition coefficient (Wildman–Crippen LogP) is 1.63. The van der Waals surface area contributed by atoms with E-state index in [0.29, 0.717) is 5.92 Å². The monoisotopic (exact) mass is 278 g/mol. The van der Waals surface area contributed by atoms with E-state index in [4.69, 9.17) is 4.74 Å². The molecule has 1 saturated heterocycles. The van der Waals surface area contributed by atoms with Crippen LogP contribution in [0.25, 0.3) is 0 Å². The topological polar surface area (TPSA) is 44.7 Å². The number of piperidine rings is 1. The van der Waals surface area contributed by atoms with E-state index in [1.165, 1.54) is 11.3 Å². The van der Waals surface area contributed by atoms with E-state index >= 15 is 0 Å². The third kappa shape index (κ3) is 4.20. The number of ether oxygens (including phenoxy) is 1. The van der Waals surface area contributed by atoms with Crippen molar-refractivity contribution in [1.82, 2.24) is 5.32 Å².